The van der Waals surface area contributed by atoms with Gasteiger partial charge in [0.05, 0.1) is 16.8 Å². The fourth-order valence-corrected chi connectivity index (χ4v) is 3.36. The second kappa shape index (κ2) is 7.63. The average molecular weight is 407 g/mol. The van der Waals surface area contributed by atoms with Gasteiger partial charge in [-0.1, -0.05) is 33.3 Å². The fourth-order valence-electron chi connectivity index (χ4n) is 2.08. The molecule has 0 radical (unpaired) electrons. The molecule has 0 aliphatic rings. The molecule has 0 aliphatic carbocycles. The number of hydrogen-bond acceptors (Lipinski definition) is 5. The van der Waals surface area contributed by atoms with Crippen LogP contribution in [0.4, 0.5) is 5.13 Å². The van der Waals surface area contributed by atoms with E-state index in [0.29, 0.717) is 17.5 Å². The molecule has 0 unspecified atom stereocenters. The molecule has 0 bridgehead atoms. The number of hydrogen-bond donors (Lipinski definition) is 1. The smallest absolute Gasteiger partial charge is 0.264 e. The fraction of sp³-hybridized carbons (Fsp3) is 0.176. The van der Waals surface area contributed by atoms with E-state index in [1.54, 1.807) is 12.1 Å². The number of nitrogens with one attached hydrogen (secondary N) is 1. The molecule has 0 aliphatic heterocycles. The maximum atomic E-state index is 12.0. The van der Waals surface area contributed by atoms with Gasteiger partial charge in [-0.2, -0.15) is 0 Å². The summed E-state index contributed by atoms with van der Waals surface area (Å²) in [6.07, 6.45) is 0. The summed E-state index contributed by atoms with van der Waals surface area (Å²) in [6, 6.07) is 13.0. The molecule has 1 N–H and O–H groups in total. The third-order valence-electron chi connectivity index (χ3n) is 3.08. The molecule has 1 aromatic heterocycles. The molecule has 124 valence electrons. The number of ether oxygens (including phenoxy) is 2. The summed E-state index contributed by atoms with van der Waals surface area (Å²) in [5, 5.41) is 3.30. The van der Waals surface area contributed by atoms with E-state index in [0.717, 1.165) is 20.4 Å². The number of carbonyl (C=O) groups excluding carboxylic acids is 1. The molecular weight excluding hydrogens is 392 g/mol. The van der Waals surface area contributed by atoms with Crippen LogP contribution in [0.25, 0.3) is 10.2 Å². The molecule has 5 nitrogen and oxygen atoms in total. The van der Waals surface area contributed by atoms with Crippen LogP contribution in [0.15, 0.2) is 46.9 Å². The number of thiazole rings is 1. The van der Waals surface area contributed by atoms with Crippen molar-refractivity contribution in [2.24, 2.45) is 0 Å². The molecule has 0 saturated heterocycles. The van der Waals surface area contributed by atoms with Crippen molar-refractivity contribution < 1.29 is 14.3 Å². The van der Waals surface area contributed by atoms with E-state index in [1.807, 2.05) is 37.3 Å². The van der Waals surface area contributed by atoms with Gasteiger partial charge in [0.1, 0.15) is 11.5 Å². The Bertz CT molecular complexity index is 866. The molecule has 0 spiro atoms. The lowest BCUT2D eigenvalue weighted by atomic mass is 10.3. The van der Waals surface area contributed by atoms with E-state index in [-0.39, 0.29) is 12.5 Å². The highest BCUT2D eigenvalue weighted by molar-refractivity contribution is 9.10. The average Bonchev–Trinajstić information content (AvgIpc) is 2.95. The molecule has 3 rings (SSSR count). The topological polar surface area (TPSA) is 60.5 Å². The Morgan fingerprint density at radius 1 is 1.21 bits per heavy atom. The number of halogens is 1. The zero-order chi connectivity index (χ0) is 16.9. The van der Waals surface area contributed by atoms with Gasteiger partial charge in [-0.15, -0.1) is 0 Å². The van der Waals surface area contributed by atoms with Crippen LogP contribution in [-0.2, 0) is 4.79 Å². The van der Waals surface area contributed by atoms with Crippen LogP contribution in [0.3, 0.4) is 0 Å². The van der Waals surface area contributed by atoms with E-state index < -0.39 is 0 Å². The maximum Gasteiger partial charge on any atom is 0.264 e. The van der Waals surface area contributed by atoms with Gasteiger partial charge in [-0.05, 0) is 43.3 Å². The Balaban J connectivity index is 1.62. The second-order valence-corrected chi connectivity index (χ2v) is 6.82. The highest BCUT2D eigenvalue weighted by Gasteiger charge is 2.09. The molecule has 7 heteroatoms. The lowest BCUT2D eigenvalue weighted by Crippen LogP contribution is -2.19. The van der Waals surface area contributed by atoms with Gasteiger partial charge in [0, 0.05) is 4.47 Å². The number of amides is 1. The first kappa shape index (κ1) is 16.7. The van der Waals surface area contributed by atoms with Gasteiger partial charge in [0.25, 0.3) is 5.91 Å². The summed E-state index contributed by atoms with van der Waals surface area (Å²) in [7, 11) is 0. The summed E-state index contributed by atoms with van der Waals surface area (Å²) in [5.41, 5.74) is 0.826. The van der Waals surface area contributed by atoms with Crippen LogP contribution in [0.2, 0.25) is 0 Å². The van der Waals surface area contributed by atoms with Crippen molar-refractivity contribution in [2.75, 3.05) is 18.5 Å². The Morgan fingerprint density at radius 2 is 2.04 bits per heavy atom. The number of carbonyl (C=O) groups is 1. The normalized spacial score (nSPS) is 10.6. The predicted octanol–water partition coefficient (Wildman–Crippen LogP) is 4.48. The molecule has 24 heavy (non-hydrogen) atoms. The second-order valence-electron chi connectivity index (χ2n) is 4.88. The van der Waals surface area contributed by atoms with Crippen LogP contribution >= 0.6 is 27.3 Å². The van der Waals surface area contributed by atoms with Crippen molar-refractivity contribution in [1.82, 2.24) is 4.98 Å². The van der Waals surface area contributed by atoms with Crippen molar-refractivity contribution in [3.63, 3.8) is 0 Å². The van der Waals surface area contributed by atoms with E-state index in [2.05, 4.69) is 26.2 Å². The highest BCUT2D eigenvalue weighted by Crippen LogP contribution is 2.29. The Hall–Kier alpha value is -2.12. The maximum absolute atomic E-state index is 12.0. The first-order chi connectivity index (χ1) is 11.6. The summed E-state index contributed by atoms with van der Waals surface area (Å²) >= 11 is 4.76. The number of nitrogens with zero attached hydrogens (tertiary/aromatic N) is 1. The SMILES string of the molecule is CCOc1ccc2nc(NC(=O)COc3cccc(Br)c3)sc2c1. The monoisotopic (exact) mass is 406 g/mol. The van der Waals surface area contributed by atoms with E-state index in [4.69, 9.17) is 9.47 Å². The van der Waals surface area contributed by atoms with Crippen molar-refractivity contribution in [3.05, 3.63) is 46.9 Å². The third kappa shape index (κ3) is 4.24. The summed E-state index contributed by atoms with van der Waals surface area (Å²) < 4.78 is 12.8. The molecule has 1 heterocycles. The zero-order valence-corrected chi connectivity index (χ0v) is 15.3. The molecule has 1 amide bonds. The van der Waals surface area contributed by atoms with Crippen molar-refractivity contribution >= 4 is 48.5 Å². The van der Waals surface area contributed by atoms with Gasteiger partial charge >= 0.3 is 0 Å². The predicted molar refractivity (Wildman–Crippen MR) is 99.1 cm³/mol. The van der Waals surface area contributed by atoms with E-state index in [1.165, 1.54) is 11.3 Å². The summed E-state index contributed by atoms with van der Waals surface area (Å²) in [5.74, 6) is 1.17. The van der Waals surface area contributed by atoms with E-state index >= 15 is 0 Å². The van der Waals surface area contributed by atoms with Crippen molar-refractivity contribution in [2.45, 2.75) is 6.92 Å². The third-order valence-corrected chi connectivity index (χ3v) is 4.51. The van der Waals surface area contributed by atoms with Crippen LogP contribution in [0, 0.1) is 0 Å². The molecule has 2 aromatic carbocycles. The lowest BCUT2D eigenvalue weighted by Gasteiger charge is -2.05. The van der Waals surface area contributed by atoms with E-state index in [9.17, 15) is 4.79 Å². The highest BCUT2D eigenvalue weighted by atomic mass is 79.9. The van der Waals surface area contributed by atoms with Crippen LogP contribution in [0.5, 0.6) is 11.5 Å². The minimum absolute atomic E-state index is 0.0728. The van der Waals surface area contributed by atoms with Gasteiger partial charge in [0.2, 0.25) is 0 Å². The lowest BCUT2D eigenvalue weighted by molar-refractivity contribution is -0.118. The molecule has 3 aromatic rings. The van der Waals surface area contributed by atoms with Gasteiger partial charge < -0.3 is 9.47 Å². The molecule has 0 saturated carbocycles. The Kier molecular flexibility index (Phi) is 5.32. The van der Waals surface area contributed by atoms with Gasteiger partial charge in [-0.3, -0.25) is 10.1 Å². The van der Waals surface area contributed by atoms with Crippen LogP contribution < -0.4 is 14.8 Å². The summed E-state index contributed by atoms with van der Waals surface area (Å²) in [4.78, 5) is 16.4. The molecule has 0 atom stereocenters. The Labute approximate surface area is 151 Å². The number of anilines is 1. The zero-order valence-electron chi connectivity index (χ0n) is 12.9. The standard InChI is InChI=1S/C17H15BrN2O3S/c1-2-22-13-6-7-14-15(9-13)24-17(19-14)20-16(21)10-23-12-5-3-4-11(18)8-12/h3-9H,2,10H2,1H3,(H,19,20,21). The number of aromatic nitrogens is 1. The minimum Gasteiger partial charge on any atom is -0.494 e. The van der Waals surface area contributed by atoms with Crippen LogP contribution in [-0.4, -0.2) is 24.1 Å². The summed E-state index contributed by atoms with van der Waals surface area (Å²) in [6.45, 7) is 2.48. The minimum atomic E-state index is -0.251. The molecular formula is C17H15BrN2O3S. The van der Waals surface area contributed by atoms with Crippen LogP contribution in [0.1, 0.15) is 6.92 Å². The first-order valence-electron chi connectivity index (χ1n) is 7.35. The number of benzene rings is 2. The largest absolute Gasteiger partial charge is 0.494 e. The van der Waals surface area contributed by atoms with Crippen molar-refractivity contribution in [3.8, 4) is 11.5 Å². The first-order valence-corrected chi connectivity index (χ1v) is 8.96. The van der Waals surface area contributed by atoms with Crippen molar-refractivity contribution in [1.29, 1.82) is 0 Å². The number of rotatable bonds is 6. The van der Waals surface area contributed by atoms with Gasteiger partial charge in [0.15, 0.2) is 11.7 Å². The molecule has 0 fully saturated rings. The van der Waals surface area contributed by atoms with Gasteiger partial charge in [-0.25, -0.2) is 4.98 Å². The quantitative estimate of drug-likeness (QED) is 0.655. The number of fused-ring (bicyclic) bond motifs is 1. The Morgan fingerprint density at radius 3 is 2.83 bits per heavy atom.